The van der Waals surface area contributed by atoms with Gasteiger partial charge in [-0.25, -0.2) is 4.98 Å². The van der Waals surface area contributed by atoms with Crippen LogP contribution in [0.25, 0.3) is 106 Å². The van der Waals surface area contributed by atoms with Crippen molar-refractivity contribution in [2.24, 2.45) is 0 Å². The van der Waals surface area contributed by atoms with Crippen LogP contribution in [0.3, 0.4) is 0 Å². The molecule has 1 radical (unpaired) electrons. The number of hydrogen-bond acceptors (Lipinski definition) is 7. The molecule has 0 atom stereocenters. The van der Waals surface area contributed by atoms with Crippen molar-refractivity contribution in [3.63, 3.8) is 0 Å². The average Bonchev–Trinajstić information content (AvgIpc) is 4.12. The van der Waals surface area contributed by atoms with Gasteiger partial charge in [-0.3, -0.25) is 15.0 Å². The van der Waals surface area contributed by atoms with Crippen LogP contribution in [-0.2, 0) is 25.5 Å². The van der Waals surface area contributed by atoms with E-state index in [1.165, 1.54) is 6.07 Å². The summed E-state index contributed by atoms with van der Waals surface area (Å²) in [5, 5.41) is 3.55. The van der Waals surface area contributed by atoms with E-state index in [0.29, 0.717) is 55.5 Å². The minimum Gasteiger partial charge on any atom is -0.486 e. The van der Waals surface area contributed by atoms with Crippen molar-refractivity contribution in [2.75, 3.05) is 0 Å². The Bertz CT molecular complexity index is 4090. The Morgan fingerprint density at radius 3 is 2.16 bits per heavy atom. The molecule has 8 nitrogen and oxygen atoms in total. The Hall–Kier alpha value is -6.93. The molecule has 0 aliphatic rings. The molecule has 0 spiro atoms. The Kier molecular flexibility index (Phi) is 9.29. The Labute approximate surface area is 410 Å². The van der Waals surface area contributed by atoms with Gasteiger partial charge >= 0.3 is 0 Å². The smallest absolute Gasteiger partial charge is 0.216 e. The predicted octanol–water partition coefficient (Wildman–Crippen LogP) is 15.7. The number of benzene rings is 6. The van der Waals surface area contributed by atoms with E-state index in [1.807, 2.05) is 89.6 Å². The SMILES string of the molecule is CC(C)(C)c1ccnc(-c2[c-]cccc2)n1.[2H]C([2H])([2H])c1c[c-]c(-c2nc3cccc(C([2H])([2H])[2H])c3n2-c2c(C(C)C)cc3c(oc4ccccc43)c2C(C)C)c2oc3nc4c(cc3c12)oc1ccccc14.[Ir]. The van der Waals surface area contributed by atoms with Crippen LogP contribution < -0.4 is 0 Å². The number of nitrogens with zero attached hydrogens (tertiary/aromatic N) is 5. The molecule has 0 aliphatic heterocycles. The zero-order valence-corrected chi connectivity index (χ0v) is 40.4. The molecule has 12 rings (SSSR count). The number of aryl methyl sites for hydroxylation is 2. The van der Waals surface area contributed by atoms with Gasteiger partial charge in [0.2, 0.25) is 5.71 Å². The molecule has 6 heterocycles. The van der Waals surface area contributed by atoms with E-state index in [9.17, 15) is 0 Å². The van der Waals surface area contributed by atoms with Crippen molar-refractivity contribution in [3.05, 3.63) is 162 Å². The van der Waals surface area contributed by atoms with Crippen LogP contribution >= 0.6 is 0 Å². The van der Waals surface area contributed by atoms with Gasteiger partial charge in [0.25, 0.3) is 0 Å². The summed E-state index contributed by atoms with van der Waals surface area (Å²) >= 11 is 0. The van der Waals surface area contributed by atoms with Crippen LogP contribution in [0.5, 0.6) is 0 Å². The molecule has 0 saturated carbocycles. The van der Waals surface area contributed by atoms with Crippen LogP contribution in [0.2, 0.25) is 0 Å². The Morgan fingerprint density at radius 2 is 1.43 bits per heavy atom. The third kappa shape index (κ3) is 7.32. The van der Waals surface area contributed by atoms with E-state index in [-0.39, 0.29) is 59.8 Å². The number of pyridine rings is 1. The van der Waals surface area contributed by atoms with Gasteiger partial charge in [0.1, 0.15) is 22.3 Å². The fraction of sp³-hybridized carbons (Fsp3) is 0.207. The third-order valence-corrected chi connectivity index (χ3v) is 12.3. The fourth-order valence-corrected chi connectivity index (χ4v) is 9.11. The number of imidazole rings is 1. The zero-order valence-electron chi connectivity index (χ0n) is 44.0. The summed E-state index contributed by atoms with van der Waals surface area (Å²) < 4.78 is 73.1. The van der Waals surface area contributed by atoms with Gasteiger partial charge in [-0.05, 0) is 72.3 Å². The molecule has 9 heteroatoms. The topological polar surface area (TPSA) is 95.9 Å². The maximum atomic E-state index is 8.69. The molecule has 6 aromatic carbocycles. The second-order valence-corrected chi connectivity index (χ2v) is 18.4. The van der Waals surface area contributed by atoms with Gasteiger partial charge in [0.05, 0.1) is 28.3 Å². The van der Waals surface area contributed by atoms with E-state index in [2.05, 4.69) is 76.6 Å². The van der Waals surface area contributed by atoms with Gasteiger partial charge in [0.15, 0.2) is 5.58 Å². The molecule has 0 saturated heterocycles. The Balaban J connectivity index is 0.000000307. The molecule has 0 unspecified atom stereocenters. The fourth-order valence-electron chi connectivity index (χ4n) is 9.11. The van der Waals surface area contributed by atoms with Crippen molar-refractivity contribution in [2.45, 2.75) is 79.4 Å². The molecule has 12 aromatic rings. The predicted molar refractivity (Wildman–Crippen MR) is 268 cm³/mol. The maximum absolute atomic E-state index is 8.69. The molecule has 0 N–H and O–H groups in total. The Morgan fingerprint density at radius 1 is 0.672 bits per heavy atom. The molecule has 0 aliphatic carbocycles. The number of fused-ring (bicyclic) bond motifs is 10. The van der Waals surface area contributed by atoms with E-state index < -0.39 is 13.7 Å². The van der Waals surface area contributed by atoms with E-state index in [1.54, 1.807) is 24.3 Å². The summed E-state index contributed by atoms with van der Waals surface area (Å²) in [5.74, 6) is 0.979. The molecule has 0 bridgehead atoms. The van der Waals surface area contributed by atoms with Crippen molar-refractivity contribution >= 4 is 77.1 Å². The van der Waals surface area contributed by atoms with Crippen molar-refractivity contribution in [3.8, 4) is 28.5 Å². The second kappa shape index (κ2) is 16.7. The number of rotatable bonds is 5. The second-order valence-electron chi connectivity index (χ2n) is 18.4. The largest absolute Gasteiger partial charge is 0.486 e. The molecule has 0 fully saturated rings. The van der Waals surface area contributed by atoms with Crippen molar-refractivity contribution < 1.29 is 41.6 Å². The molecule has 335 valence electrons. The summed E-state index contributed by atoms with van der Waals surface area (Å²) in [6.45, 7) is 9.81. The van der Waals surface area contributed by atoms with E-state index in [4.69, 9.17) is 31.4 Å². The van der Waals surface area contributed by atoms with Crippen LogP contribution in [0.15, 0.2) is 135 Å². The quantitative estimate of drug-likeness (QED) is 0.158. The average molecular weight is 1060 g/mol. The first-order chi connectivity index (χ1) is 34.3. The maximum Gasteiger partial charge on any atom is 0.216 e. The summed E-state index contributed by atoms with van der Waals surface area (Å²) in [4.78, 5) is 18.9. The first kappa shape index (κ1) is 37.2. The molecule has 6 aromatic heterocycles. The summed E-state index contributed by atoms with van der Waals surface area (Å²) in [6.07, 6.45) is 1.81. The third-order valence-electron chi connectivity index (χ3n) is 12.3. The van der Waals surface area contributed by atoms with Crippen LogP contribution in [0.4, 0.5) is 0 Å². The van der Waals surface area contributed by atoms with Crippen LogP contribution in [-0.4, -0.2) is 24.5 Å². The summed E-state index contributed by atoms with van der Waals surface area (Å²) in [6, 6.07) is 42.1. The van der Waals surface area contributed by atoms with Crippen molar-refractivity contribution in [1.82, 2.24) is 24.5 Å². The standard InChI is InChI=1S/C44H34N3O3.C14H15N2.Ir/c1-22(2)29-20-30-26-13-7-9-16-33(26)49-42(30)36(23(3)4)40(29)47-39-25(6)12-11-15-32(39)45-43(47)28-19-18-24(5)37-31-21-35-38(46-44(31)50-41(28)37)27-14-8-10-17-34(27)48-35;1-14(2,3)12-9-10-15-13(16-12)11-7-5-4-6-8-11;/h7-18,20-23H,1-6H3;4-7,9-10H,1-3H3;/q2*-1;/i5D3,6D3;;. The summed E-state index contributed by atoms with van der Waals surface area (Å²) in [5.41, 5.74) is 9.62. The molecule has 0 amide bonds. The van der Waals surface area contributed by atoms with Gasteiger partial charge < -0.3 is 17.8 Å². The first-order valence-corrected chi connectivity index (χ1v) is 22.2. The normalized spacial score (nSPS) is 13.8. The van der Waals surface area contributed by atoms with Gasteiger partial charge in [-0.15, -0.1) is 53.6 Å². The number of furan rings is 3. The van der Waals surface area contributed by atoms with E-state index in [0.717, 1.165) is 55.6 Å². The summed E-state index contributed by atoms with van der Waals surface area (Å²) in [7, 11) is 0. The number of para-hydroxylation sites is 3. The minimum atomic E-state index is -2.54. The molecule has 67 heavy (non-hydrogen) atoms. The van der Waals surface area contributed by atoms with Crippen LogP contribution in [0, 0.1) is 25.8 Å². The molecular weight excluding hydrogens is 1010 g/mol. The van der Waals surface area contributed by atoms with Crippen LogP contribution in [0.1, 0.15) is 96.5 Å². The minimum absolute atomic E-state index is 0. The van der Waals surface area contributed by atoms with Crippen molar-refractivity contribution in [1.29, 1.82) is 0 Å². The molecular formula is C58H49IrN5O3-2. The first-order valence-electron chi connectivity index (χ1n) is 25.2. The van der Waals surface area contributed by atoms with Gasteiger partial charge in [-0.1, -0.05) is 109 Å². The number of aromatic nitrogens is 5. The van der Waals surface area contributed by atoms with Gasteiger partial charge in [0, 0.05) is 78.4 Å². The van der Waals surface area contributed by atoms with Gasteiger partial charge in [-0.2, -0.15) is 0 Å². The monoisotopic (exact) mass is 1060 g/mol. The zero-order chi connectivity index (χ0) is 50.6. The number of hydrogen-bond donors (Lipinski definition) is 0. The van der Waals surface area contributed by atoms with E-state index >= 15 is 0 Å².